The summed E-state index contributed by atoms with van der Waals surface area (Å²) >= 11 is 17.2. The summed E-state index contributed by atoms with van der Waals surface area (Å²) in [6, 6.07) is -1.49. The van der Waals surface area contributed by atoms with Crippen LogP contribution in [0.15, 0.2) is 0 Å². The van der Waals surface area contributed by atoms with Gasteiger partial charge in [0.1, 0.15) is 0 Å². The summed E-state index contributed by atoms with van der Waals surface area (Å²) in [7, 11) is 0. The Bertz CT molecular complexity index is 164. The Labute approximate surface area is 143 Å². The Morgan fingerprint density at radius 2 is 0.800 bits per heavy atom. The molecule has 0 bridgehead atoms. The summed E-state index contributed by atoms with van der Waals surface area (Å²) in [5, 5.41) is 0. The van der Waals surface area contributed by atoms with Gasteiger partial charge in [-0.25, -0.2) is 0 Å². The molecule has 0 aliphatic carbocycles. The van der Waals surface area contributed by atoms with Crippen LogP contribution in [0.5, 0.6) is 0 Å². The molecule has 0 spiro atoms. The summed E-state index contributed by atoms with van der Waals surface area (Å²) in [4.78, 5) is 0. The molecule has 0 fully saturated rings. The van der Waals surface area contributed by atoms with Crippen molar-refractivity contribution < 1.29 is 0 Å². The van der Waals surface area contributed by atoms with Crippen LogP contribution in [-0.2, 0) is 0 Å². The third-order valence-corrected chi connectivity index (χ3v) is 5.89. The molecule has 0 aliphatic rings. The number of hydrogen-bond acceptors (Lipinski definition) is 0. The summed E-state index contributed by atoms with van der Waals surface area (Å²) in [6.45, 7) is 6.73. The van der Waals surface area contributed by atoms with Gasteiger partial charge in [-0.3, -0.25) is 0 Å². The molecule has 0 atom stereocenters. The minimum Gasteiger partial charge on any atom is -0.126 e. The first-order valence-electron chi connectivity index (χ1n) is 8.54. The summed E-state index contributed by atoms with van der Waals surface area (Å²) in [6.07, 6.45) is 16.1. The number of unbranched alkanes of at least 4 members (excludes halogenated alkanes) is 10. The van der Waals surface area contributed by atoms with Crippen molar-refractivity contribution in [2.75, 3.05) is 0 Å². The molecule has 0 amide bonds. The fourth-order valence-corrected chi connectivity index (χ4v) is 3.81. The van der Waals surface area contributed by atoms with E-state index in [1.54, 1.807) is 0 Å². The number of hydrogen-bond donors (Lipinski definition) is 0. The van der Waals surface area contributed by atoms with Gasteiger partial charge in [0.05, 0.1) is 0 Å². The van der Waals surface area contributed by atoms with E-state index in [4.69, 9.17) is 33.2 Å². The van der Waals surface area contributed by atoms with Crippen LogP contribution in [-0.4, -0.2) is 6.00 Å². The minimum absolute atomic E-state index is 0.823. The van der Waals surface area contributed by atoms with Crippen molar-refractivity contribution in [3.63, 3.8) is 0 Å². The van der Waals surface area contributed by atoms with Crippen LogP contribution in [0.3, 0.4) is 0 Å². The van der Waals surface area contributed by atoms with E-state index < -0.39 is 6.00 Å². The number of halogens is 3. The molecule has 0 N–H and O–H groups in total. The zero-order chi connectivity index (χ0) is 15.7. The molecular formula is C16H35Cl3Si. The van der Waals surface area contributed by atoms with Crippen molar-refractivity contribution in [2.24, 2.45) is 0 Å². The molecular weight excluding hydrogens is 327 g/mol. The second-order valence-electron chi connectivity index (χ2n) is 5.55. The first kappa shape index (κ1) is 23.4. The lowest BCUT2D eigenvalue weighted by Crippen LogP contribution is -2.07. The van der Waals surface area contributed by atoms with E-state index in [0.29, 0.717) is 0 Å². The quantitative estimate of drug-likeness (QED) is 0.186. The predicted octanol–water partition coefficient (Wildman–Crippen LogP) is 8.37. The average molecular weight is 362 g/mol. The molecule has 20 heavy (non-hydrogen) atoms. The highest BCUT2D eigenvalue weighted by Crippen LogP contribution is 2.27. The largest absolute Gasteiger partial charge is 0.341 e. The van der Waals surface area contributed by atoms with Gasteiger partial charge in [-0.15, -0.1) is 33.2 Å². The van der Waals surface area contributed by atoms with Crippen LogP contribution in [0.25, 0.3) is 0 Å². The van der Waals surface area contributed by atoms with Gasteiger partial charge in [0.15, 0.2) is 0 Å². The van der Waals surface area contributed by atoms with E-state index in [2.05, 4.69) is 20.8 Å². The molecule has 0 rings (SSSR count). The van der Waals surface area contributed by atoms with Crippen LogP contribution < -0.4 is 0 Å². The van der Waals surface area contributed by atoms with Gasteiger partial charge in [0.25, 0.3) is 0 Å². The topological polar surface area (TPSA) is 0 Å². The highest BCUT2D eigenvalue weighted by atomic mass is 35.8. The third kappa shape index (κ3) is 27.4. The standard InChI is InChI=1S/C8H17Cl3Si.C8H18/c1-2-3-4-5-6-7-8-12(9,10)11;1-3-5-7-8-6-4-2/h2-8H2,1H3;3-8H2,1-2H3. The molecule has 0 aliphatic heterocycles. The van der Waals surface area contributed by atoms with Crippen molar-refractivity contribution >= 4 is 39.2 Å². The van der Waals surface area contributed by atoms with E-state index in [-0.39, 0.29) is 0 Å². The second-order valence-corrected chi connectivity index (χ2v) is 14.8. The Morgan fingerprint density at radius 3 is 1.10 bits per heavy atom. The molecule has 0 saturated carbocycles. The molecule has 0 aromatic carbocycles. The molecule has 0 heterocycles. The van der Waals surface area contributed by atoms with Crippen molar-refractivity contribution in [1.29, 1.82) is 0 Å². The van der Waals surface area contributed by atoms with Crippen LogP contribution in [0.1, 0.15) is 97.8 Å². The predicted molar refractivity (Wildman–Crippen MR) is 101 cm³/mol. The Morgan fingerprint density at radius 1 is 0.500 bits per heavy atom. The van der Waals surface area contributed by atoms with Gasteiger partial charge in [-0.2, -0.15) is 0 Å². The van der Waals surface area contributed by atoms with Crippen LogP contribution in [0.2, 0.25) is 6.04 Å². The maximum absolute atomic E-state index is 5.74. The molecule has 0 aromatic heterocycles. The van der Waals surface area contributed by atoms with E-state index in [1.165, 1.54) is 70.6 Å². The maximum atomic E-state index is 5.74. The lowest BCUT2D eigenvalue weighted by atomic mass is 10.1. The fraction of sp³-hybridized carbons (Fsp3) is 1.00. The lowest BCUT2D eigenvalue weighted by molar-refractivity contribution is 0.624. The van der Waals surface area contributed by atoms with Crippen LogP contribution in [0.4, 0.5) is 0 Å². The summed E-state index contributed by atoms with van der Waals surface area (Å²) in [5.74, 6) is 0. The first-order chi connectivity index (χ1) is 9.47. The first-order valence-corrected chi connectivity index (χ1v) is 13.8. The zero-order valence-electron chi connectivity index (χ0n) is 13.8. The highest BCUT2D eigenvalue weighted by Gasteiger charge is 2.23. The Balaban J connectivity index is 0. The van der Waals surface area contributed by atoms with E-state index in [9.17, 15) is 0 Å². The van der Waals surface area contributed by atoms with Crippen LogP contribution in [0, 0.1) is 0 Å². The molecule has 0 radical (unpaired) electrons. The zero-order valence-corrected chi connectivity index (χ0v) is 17.1. The molecule has 4 heteroatoms. The third-order valence-electron chi connectivity index (χ3n) is 3.27. The van der Waals surface area contributed by atoms with Gasteiger partial charge in [0, 0.05) is 0 Å². The van der Waals surface area contributed by atoms with E-state index in [1.807, 2.05) is 0 Å². The average Bonchev–Trinajstić information content (AvgIpc) is 2.38. The van der Waals surface area contributed by atoms with Gasteiger partial charge in [-0.1, -0.05) is 97.8 Å². The molecule has 0 aromatic rings. The molecule has 0 saturated heterocycles. The SMILES string of the molecule is CCCCCCCC.CCCCCCCC[Si](Cl)(Cl)Cl. The maximum Gasteiger partial charge on any atom is 0.341 e. The monoisotopic (exact) mass is 360 g/mol. The Hall–Kier alpha value is 1.09. The minimum atomic E-state index is -2.31. The normalized spacial score (nSPS) is 11.1. The van der Waals surface area contributed by atoms with Gasteiger partial charge in [-0.05, 0) is 6.04 Å². The van der Waals surface area contributed by atoms with Crippen molar-refractivity contribution in [3.05, 3.63) is 0 Å². The van der Waals surface area contributed by atoms with E-state index >= 15 is 0 Å². The fourth-order valence-electron chi connectivity index (χ4n) is 1.96. The lowest BCUT2D eigenvalue weighted by Gasteiger charge is -2.06. The van der Waals surface area contributed by atoms with Gasteiger partial charge < -0.3 is 0 Å². The smallest absolute Gasteiger partial charge is 0.126 e. The number of rotatable bonds is 12. The van der Waals surface area contributed by atoms with Crippen molar-refractivity contribution in [2.45, 2.75) is 104 Å². The molecule has 0 unspecified atom stereocenters. The molecule has 124 valence electrons. The summed E-state index contributed by atoms with van der Waals surface area (Å²) in [5.41, 5.74) is 0. The second kappa shape index (κ2) is 18.1. The Kier molecular flexibility index (Phi) is 21.2. The highest BCUT2D eigenvalue weighted by molar-refractivity contribution is 7.64. The van der Waals surface area contributed by atoms with Crippen molar-refractivity contribution in [1.82, 2.24) is 0 Å². The van der Waals surface area contributed by atoms with Gasteiger partial charge in [0.2, 0.25) is 0 Å². The van der Waals surface area contributed by atoms with Crippen LogP contribution >= 0.6 is 33.2 Å². The summed E-state index contributed by atoms with van der Waals surface area (Å²) < 4.78 is 0. The van der Waals surface area contributed by atoms with Crippen molar-refractivity contribution in [3.8, 4) is 0 Å². The van der Waals surface area contributed by atoms with Gasteiger partial charge >= 0.3 is 6.00 Å². The van der Waals surface area contributed by atoms with E-state index in [0.717, 1.165) is 12.5 Å². The molecule has 0 nitrogen and oxygen atoms in total.